The second kappa shape index (κ2) is 4.27. The van der Waals surface area contributed by atoms with Crippen LogP contribution in [0.4, 0.5) is 0 Å². The van der Waals surface area contributed by atoms with Crippen molar-refractivity contribution in [1.29, 1.82) is 0 Å². The summed E-state index contributed by atoms with van der Waals surface area (Å²) in [6.45, 7) is 0. The molecule has 0 aromatic carbocycles. The molecule has 4 rings (SSSR count). The molecule has 0 N–H and O–H groups in total. The lowest BCUT2D eigenvalue weighted by molar-refractivity contribution is 1.14. The van der Waals surface area contributed by atoms with Gasteiger partial charge >= 0.3 is 0 Å². The lowest BCUT2D eigenvalue weighted by Gasteiger charge is -2.04. The van der Waals surface area contributed by atoms with Crippen LogP contribution in [0.3, 0.4) is 0 Å². The molecule has 0 saturated heterocycles. The molecule has 0 radical (unpaired) electrons. The quantitative estimate of drug-likeness (QED) is 0.521. The van der Waals surface area contributed by atoms with Crippen molar-refractivity contribution in [2.24, 2.45) is 0 Å². The van der Waals surface area contributed by atoms with E-state index in [-0.39, 0.29) is 0 Å². The standard InChI is InChI=1S/C14H8N6/c1-2-9-5-17-11(4-10(9)16-3-1)13-14-12(18-8-20-13)6-15-7-19-14/h1-8H. The molecule has 94 valence electrons. The first kappa shape index (κ1) is 10.9. The fraction of sp³-hybridized carbons (Fsp3) is 0. The predicted octanol–water partition coefficient (Wildman–Crippen LogP) is 2.03. The van der Waals surface area contributed by atoms with E-state index in [1.54, 1.807) is 18.6 Å². The molecule has 0 bridgehead atoms. The van der Waals surface area contributed by atoms with E-state index in [0.717, 1.165) is 16.6 Å². The fourth-order valence-electron chi connectivity index (χ4n) is 2.09. The maximum absolute atomic E-state index is 4.44. The van der Waals surface area contributed by atoms with Crippen LogP contribution in [0.25, 0.3) is 33.3 Å². The average Bonchev–Trinajstić information content (AvgIpc) is 2.54. The van der Waals surface area contributed by atoms with Crippen LogP contribution in [0.1, 0.15) is 0 Å². The van der Waals surface area contributed by atoms with E-state index >= 15 is 0 Å². The van der Waals surface area contributed by atoms with Crippen molar-refractivity contribution in [3.8, 4) is 11.4 Å². The summed E-state index contributed by atoms with van der Waals surface area (Å²) in [5, 5.41) is 0.990. The van der Waals surface area contributed by atoms with E-state index in [4.69, 9.17) is 0 Å². The summed E-state index contributed by atoms with van der Waals surface area (Å²) in [7, 11) is 0. The summed E-state index contributed by atoms with van der Waals surface area (Å²) in [5.74, 6) is 0. The minimum Gasteiger partial charge on any atom is -0.256 e. The summed E-state index contributed by atoms with van der Waals surface area (Å²) in [4.78, 5) is 25.4. The van der Waals surface area contributed by atoms with Gasteiger partial charge in [-0.2, -0.15) is 0 Å². The summed E-state index contributed by atoms with van der Waals surface area (Å²) in [6, 6.07) is 5.76. The van der Waals surface area contributed by atoms with Gasteiger partial charge in [-0.3, -0.25) is 9.97 Å². The van der Waals surface area contributed by atoms with Gasteiger partial charge in [0.05, 0.1) is 17.4 Å². The number of rotatable bonds is 1. The first-order valence-corrected chi connectivity index (χ1v) is 6.04. The van der Waals surface area contributed by atoms with Gasteiger partial charge in [-0.15, -0.1) is 0 Å². The SMILES string of the molecule is c1cnc2cc(-c3ncnc4cncnc34)ncc2c1. The van der Waals surface area contributed by atoms with Gasteiger partial charge in [-0.25, -0.2) is 19.9 Å². The van der Waals surface area contributed by atoms with Crippen LogP contribution in [0.5, 0.6) is 0 Å². The van der Waals surface area contributed by atoms with Crippen LogP contribution in [0, 0.1) is 0 Å². The molecule has 0 amide bonds. The van der Waals surface area contributed by atoms with E-state index in [2.05, 4.69) is 29.9 Å². The molecule has 4 aromatic heterocycles. The Morgan fingerprint density at radius 1 is 0.800 bits per heavy atom. The van der Waals surface area contributed by atoms with Crippen molar-refractivity contribution in [2.45, 2.75) is 0 Å². The maximum Gasteiger partial charge on any atom is 0.120 e. The molecule has 0 fully saturated rings. The first-order chi connectivity index (χ1) is 9.92. The topological polar surface area (TPSA) is 77.3 Å². The van der Waals surface area contributed by atoms with Gasteiger partial charge in [0.1, 0.15) is 29.4 Å². The van der Waals surface area contributed by atoms with E-state index in [1.165, 1.54) is 12.7 Å². The molecular formula is C14H8N6. The Hall–Kier alpha value is -3.02. The van der Waals surface area contributed by atoms with Crippen molar-refractivity contribution in [3.63, 3.8) is 0 Å². The molecule has 0 spiro atoms. The minimum absolute atomic E-state index is 0.685. The molecule has 0 unspecified atom stereocenters. The zero-order valence-corrected chi connectivity index (χ0v) is 10.3. The van der Waals surface area contributed by atoms with Crippen LogP contribution in [0.2, 0.25) is 0 Å². The monoisotopic (exact) mass is 260 g/mol. The van der Waals surface area contributed by atoms with Crippen molar-refractivity contribution in [3.05, 3.63) is 49.4 Å². The zero-order valence-electron chi connectivity index (χ0n) is 10.3. The van der Waals surface area contributed by atoms with Crippen LogP contribution in [-0.4, -0.2) is 29.9 Å². The largest absolute Gasteiger partial charge is 0.256 e. The number of aromatic nitrogens is 6. The minimum atomic E-state index is 0.685. The molecule has 4 heterocycles. The Bertz CT molecular complexity index is 916. The van der Waals surface area contributed by atoms with Gasteiger partial charge < -0.3 is 0 Å². The number of hydrogen-bond donors (Lipinski definition) is 0. The van der Waals surface area contributed by atoms with Crippen LogP contribution in [-0.2, 0) is 0 Å². The number of pyridine rings is 2. The van der Waals surface area contributed by atoms with E-state index in [9.17, 15) is 0 Å². The van der Waals surface area contributed by atoms with E-state index in [0.29, 0.717) is 16.7 Å². The number of fused-ring (bicyclic) bond motifs is 2. The Morgan fingerprint density at radius 3 is 2.80 bits per heavy atom. The number of nitrogens with zero attached hydrogens (tertiary/aromatic N) is 6. The molecule has 6 nitrogen and oxygen atoms in total. The van der Waals surface area contributed by atoms with Gasteiger partial charge in [0.15, 0.2) is 0 Å². The highest BCUT2D eigenvalue weighted by Crippen LogP contribution is 2.23. The van der Waals surface area contributed by atoms with Gasteiger partial charge in [0.25, 0.3) is 0 Å². The Kier molecular flexibility index (Phi) is 2.32. The van der Waals surface area contributed by atoms with E-state index in [1.807, 2.05) is 18.2 Å². The molecule has 6 heteroatoms. The van der Waals surface area contributed by atoms with Gasteiger partial charge in [-0.05, 0) is 18.2 Å². The summed E-state index contributed by atoms with van der Waals surface area (Å²) < 4.78 is 0. The highest BCUT2D eigenvalue weighted by molar-refractivity contribution is 5.89. The maximum atomic E-state index is 4.44. The normalized spacial score (nSPS) is 11.0. The van der Waals surface area contributed by atoms with Crippen LogP contribution < -0.4 is 0 Å². The third kappa shape index (κ3) is 1.66. The lowest BCUT2D eigenvalue weighted by Crippen LogP contribution is -1.94. The zero-order chi connectivity index (χ0) is 13.4. The number of hydrogen-bond acceptors (Lipinski definition) is 6. The Morgan fingerprint density at radius 2 is 1.80 bits per heavy atom. The summed E-state index contributed by atoms with van der Waals surface area (Å²) >= 11 is 0. The highest BCUT2D eigenvalue weighted by atomic mass is 14.9. The van der Waals surface area contributed by atoms with Crippen LogP contribution >= 0.6 is 0 Å². The molecular weight excluding hydrogens is 252 g/mol. The van der Waals surface area contributed by atoms with Gasteiger partial charge in [0.2, 0.25) is 0 Å². The molecule has 0 aliphatic heterocycles. The first-order valence-electron chi connectivity index (χ1n) is 6.04. The molecule has 0 saturated carbocycles. The van der Waals surface area contributed by atoms with E-state index < -0.39 is 0 Å². The van der Waals surface area contributed by atoms with Crippen molar-refractivity contribution >= 4 is 21.9 Å². The summed E-state index contributed by atoms with van der Waals surface area (Å²) in [5.41, 5.74) is 3.66. The third-order valence-corrected chi connectivity index (χ3v) is 3.03. The molecule has 4 aromatic rings. The smallest absolute Gasteiger partial charge is 0.120 e. The molecule has 0 atom stereocenters. The van der Waals surface area contributed by atoms with Crippen molar-refractivity contribution < 1.29 is 0 Å². The Balaban J connectivity index is 2.01. The second-order valence-corrected chi connectivity index (χ2v) is 4.24. The van der Waals surface area contributed by atoms with Crippen molar-refractivity contribution in [1.82, 2.24) is 29.9 Å². The Labute approximate surface area is 113 Å². The summed E-state index contributed by atoms with van der Waals surface area (Å²) in [6.07, 6.45) is 8.17. The molecule has 0 aliphatic carbocycles. The average molecular weight is 260 g/mol. The molecule has 0 aliphatic rings. The molecule has 20 heavy (non-hydrogen) atoms. The predicted molar refractivity (Wildman–Crippen MR) is 73.7 cm³/mol. The third-order valence-electron chi connectivity index (χ3n) is 3.03. The van der Waals surface area contributed by atoms with Gasteiger partial charge in [-0.1, -0.05) is 0 Å². The van der Waals surface area contributed by atoms with Crippen LogP contribution in [0.15, 0.2) is 49.4 Å². The fourth-order valence-corrected chi connectivity index (χ4v) is 2.09. The lowest BCUT2D eigenvalue weighted by atomic mass is 10.2. The van der Waals surface area contributed by atoms with Gasteiger partial charge in [0, 0.05) is 17.8 Å². The van der Waals surface area contributed by atoms with Crippen molar-refractivity contribution in [2.75, 3.05) is 0 Å². The second-order valence-electron chi connectivity index (χ2n) is 4.24. The highest BCUT2D eigenvalue weighted by Gasteiger charge is 2.09.